The van der Waals surface area contributed by atoms with Crippen molar-refractivity contribution in [3.8, 4) is 0 Å². The number of carbonyl (C=O) groups is 1. The van der Waals surface area contributed by atoms with Crippen LogP contribution in [0.15, 0.2) is 0 Å². The highest BCUT2D eigenvalue weighted by atomic mass is 35.5. The molecule has 1 unspecified atom stereocenters. The van der Waals surface area contributed by atoms with Gasteiger partial charge in [0.25, 0.3) is 10.1 Å². The van der Waals surface area contributed by atoms with Crippen molar-refractivity contribution >= 4 is 27.7 Å². The van der Waals surface area contributed by atoms with Crippen LogP contribution in [0.4, 0.5) is 0 Å². The Morgan fingerprint density at radius 3 is 2.47 bits per heavy atom. The number of rotatable bonds is 7. The zero-order valence-electron chi connectivity index (χ0n) is 8.48. The summed E-state index contributed by atoms with van der Waals surface area (Å²) >= 11 is 5.42. The molecule has 90 valence electrons. The second kappa shape index (κ2) is 7.03. The van der Waals surface area contributed by atoms with Crippen LogP contribution >= 0.6 is 11.6 Å². The van der Waals surface area contributed by atoms with E-state index in [0.717, 1.165) is 0 Å². The number of hydrogen-bond donors (Lipinski definition) is 1. The minimum atomic E-state index is -4.11. The molecule has 0 saturated carbocycles. The summed E-state index contributed by atoms with van der Waals surface area (Å²) in [6.45, 7) is 0. The number of alkyl halides is 1. The van der Waals surface area contributed by atoms with E-state index in [-0.39, 0.29) is 19.3 Å². The molecule has 0 saturated heterocycles. The first-order chi connectivity index (χ1) is 6.91. The van der Waals surface area contributed by atoms with Crippen molar-refractivity contribution in [3.63, 3.8) is 0 Å². The number of esters is 1. The summed E-state index contributed by atoms with van der Waals surface area (Å²) in [4.78, 5) is 10.8. The summed E-state index contributed by atoms with van der Waals surface area (Å²) in [6, 6.07) is 0. The molecule has 0 radical (unpaired) electrons. The molecular formula is C8H15ClO5S. The van der Waals surface area contributed by atoms with Crippen LogP contribution < -0.4 is 0 Å². The first-order valence-electron chi connectivity index (χ1n) is 4.51. The van der Waals surface area contributed by atoms with Gasteiger partial charge in [0.2, 0.25) is 0 Å². The Hall–Kier alpha value is -0.330. The van der Waals surface area contributed by atoms with E-state index in [1.54, 1.807) is 0 Å². The minimum Gasteiger partial charge on any atom is -0.469 e. The van der Waals surface area contributed by atoms with Crippen molar-refractivity contribution in [1.82, 2.24) is 0 Å². The zero-order valence-corrected chi connectivity index (χ0v) is 10.1. The van der Waals surface area contributed by atoms with Gasteiger partial charge in [-0.25, -0.2) is 0 Å². The quantitative estimate of drug-likeness (QED) is 0.422. The summed E-state index contributed by atoms with van der Waals surface area (Å²) in [5, 5.41) is -0.935. The average Bonchev–Trinajstić information content (AvgIpc) is 2.15. The van der Waals surface area contributed by atoms with Gasteiger partial charge < -0.3 is 4.74 Å². The molecular weight excluding hydrogens is 244 g/mol. The number of ether oxygens (including phenoxy) is 1. The molecule has 0 aliphatic carbocycles. The first-order valence-corrected chi connectivity index (χ1v) is 6.54. The average molecular weight is 259 g/mol. The van der Waals surface area contributed by atoms with Gasteiger partial charge in [-0.1, -0.05) is 0 Å². The lowest BCUT2D eigenvalue weighted by atomic mass is 10.1. The first kappa shape index (κ1) is 14.7. The van der Waals surface area contributed by atoms with Gasteiger partial charge in [0, 0.05) is 12.3 Å². The summed E-state index contributed by atoms with van der Waals surface area (Å²) in [5.41, 5.74) is 0. The molecule has 15 heavy (non-hydrogen) atoms. The zero-order chi connectivity index (χ0) is 11.9. The van der Waals surface area contributed by atoms with E-state index < -0.39 is 21.3 Å². The molecule has 1 N–H and O–H groups in total. The van der Waals surface area contributed by atoms with Crippen LogP contribution in [0.1, 0.15) is 25.7 Å². The number of carbonyl (C=O) groups excluding carboxylic acids is 1. The smallest absolute Gasteiger partial charge is 0.305 e. The molecule has 0 amide bonds. The molecule has 0 spiro atoms. The predicted octanol–water partition coefficient (Wildman–Crippen LogP) is 1.21. The fourth-order valence-corrected chi connectivity index (χ4v) is 2.16. The Kier molecular flexibility index (Phi) is 6.87. The Balaban J connectivity index is 4.20. The lowest BCUT2D eigenvalue weighted by Crippen LogP contribution is -2.22. The molecule has 0 aromatic heterocycles. The largest absolute Gasteiger partial charge is 0.469 e. The van der Waals surface area contributed by atoms with Gasteiger partial charge in [-0.15, -0.1) is 11.6 Å². The third kappa shape index (κ3) is 6.70. The Morgan fingerprint density at radius 2 is 2.07 bits per heavy atom. The van der Waals surface area contributed by atoms with E-state index in [0.29, 0.717) is 12.3 Å². The molecule has 0 fully saturated rings. The van der Waals surface area contributed by atoms with E-state index >= 15 is 0 Å². The molecule has 0 heterocycles. The van der Waals surface area contributed by atoms with Crippen LogP contribution in [0.5, 0.6) is 0 Å². The van der Waals surface area contributed by atoms with E-state index in [1.165, 1.54) is 7.11 Å². The Labute approximate surface area is 94.5 Å². The number of hydrogen-bond acceptors (Lipinski definition) is 4. The minimum absolute atomic E-state index is 0.0246. The van der Waals surface area contributed by atoms with Crippen LogP contribution in [0.2, 0.25) is 0 Å². The van der Waals surface area contributed by atoms with Crippen molar-refractivity contribution in [1.29, 1.82) is 0 Å². The van der Waals surface area contributed by atoms with Gasteiger partial charge >= 0.3 is 5.97 Å². The molecule has 0 bridgehead atoms. The highest BCUT2D eigenvalue weighted by molar-refractivity contribution is 7.86. The number of methoxy groups -OCH3 is 1. The molecule has 0 aromatic rings. The maximum Gasteiger partial charge on any atom is 0.305 e. The van der Waals surface area contributed by atoms with Crippen molar-refractivity contribution in [2.75, 3.05) is 13.0 Å². The summed E-state index contributed by atoms with van der Waals surface area (Å²) in [5.74, 6) is -0.168. The second-order valence-corrected chi connectivity index (χ2v) is 5.16. The normalized spacial score (nSPS) is 13.5. The fraction of sp³-hybridized carbons (Fsp3) is 0.875. The SMILES string of the molecule is COC(=O)CCC(CCCCl)S(=O)(=O)O. The fourth-order valence-electron chi connectivity index (χ4n) is 1.13. The molecule has 1 atom stereocenters. The topological polar surface area (TPSA) is 80.7 Å². The van der Waals surface area contributed by atoms with Gasteiger partial charge in [0.15, 0.2) is 0 Å². The van der Waals surface area contributed by atoms with Crippen LogP contribution in [0.3, 0.4) is 0 Å². The highest BCUT2D eigenvalue weighted by Crippen LogP contribution is 2.14. The van der Waals surface area contributed by atoms with Crippen LogP contribution in [0, 0.1) is 0 Å². The van der Waals surface area contributed by atoms with Crippen molar-refractivity contribution in [2.24, 2.45) is 0 Å². The molecule has 0 aromatic carbocycles. The molecule has 7 heteroatoms. The van der Waals surface area contributed by atoms with E-state index in [4.69, 9.17) is 16.2 Å². The number of halogens is 1. The lowest BCUT2D eigenvalue weighted by molar-refractivity contribution is -0.140. The second-order valence-electron chi connectivity index (χ2n) is 3.08. The summed E-state index contributed by atoms with van der Waals surface area (Å²) in [7, 11) is -2.88. The van der Waals surface area contributed by atoms with Crippen LogP contribution in [0.25, 0.3) is 0 Å². The van der Waals surface area contributed by atoms with Crippen molar-refractivity contribution in [3.05, 3.63) is 0 Å². The summed E-state index contributed by atoms with van der Waals surface area (Å²) < 4.78 is 35.0. The van der Waals surface area contributed by atoms with Crippen molar-refractivity contribution < 1.29 is 22.5 Å². The molecule has 5 nitrogen and oxygen atoms in total. The van der Waals surface area contributed by atoms with E-state index in [1.807, 2.05) is 0 Å². The highest BCUT2D eigenvalue weighted by Gasteiger charge is 2.23. The summed E-state index contributed by atoms with van der Waals surface area (Å²) in [6.07, 6.45) is 0.762. The van der Waals surface area contributed by atoms with Gasteiger partial charge in [0.1, 0.15) is 0 Å². The van der Waals surface area contributed by atoms with E-state index in [9.17, 15) is 13.2 Å². The molecule has 0 rings (SSSR count). The van der Waals surface area contributed by atoms with Crippen molar-refractivity contribution in [2.45, 2.75) is 30.9 Å². The van der Waals surface area contributed by atoms with Gasteiger partial charge in [-0.2, -0.15) is 8.42 Å². The predicted molar refractivity (Wildman–Crippen MR) is 56.5 cm³/mol. The maximum atomic E-state index is 10.9. The van der Waals surface area contributed by atoms with E-state index in [2.05, 4.69) is 4.74 Å². The van der Waals surface area contributed by atoms with Crippen LogP contribution in [-0.4, -0.2) is 37.2 Å². The third-order valence-electron chi connectivity index (χ3n) is 1.98. The lowest BCUT2D eigenvalue weighted by Gasteiger charge is -2.11. The molecule has 0 aliphatic rings. The van der Waals surface area contributed by atoms with Gasteiger partial charge in [0.05, 0.1) is 12.4 Å². The monoisotopic (exact) mass is 258 g/mol. The van der Waals surface area contributed by atoms with Gasteiger partial charge in [-0.05, 0) is 19.3 Å². The Bertz CT molecular complexity index is 287. The Morgan fingerprint density at radius 1 is 1.47 bits per heavy atom. The standard InChI is InChI=1S/C8H15ClO5S/c1-14-8(10)5-4-7(3-2-6-9)15(11,12)13/h7H,2-6H2,1H3,(H,11,12,13). The van der Waals surface area contributed by atoms with Gasteiger partial charge in [-0.3, -0.25) is 9.35 Å². The molecule has 0 aliphatic heterocycles. The van der Waals surface area contributed by atoms with Crippen LogP contribution in [-0.2, 0) is 19.6 Å². The maximum absolute atomic E-state index is 10.9. The third-order valence-corrected chi connectivity index (χ3v) is 3.56.